The molecule has 0 aliphatic heterocycles. The minimum atomic E-state index is -0.254. The van der Waals surface area contributed by atoms with Crippen molar-refractivity contribution in [2.24, 2.45) is 17.3 Å². The fraction of sp³-hybridized carbons (Fsp3) is 0.750. The zero-order valence-corrected chi connectivity index (χ0v) is 12.2. The number of rotatable bonds is 4. The van der Waals surface area contributed by atoms with E-state index in [9.17, 15) is 9.59 Å². The molecule has 2 atom stereocenters. The molecule has 4 fully saturated rings. The van der Waals surface area contributed by atoms with Crippen molar-refractivity contribution in [2.75, 3.05) is 6.54 Å². The highest BCUT2D eigenvalue weighted by molar-refractivity contribution is 5.84. The van der Waals surface area contributed by atoms with Gasteiger partial charge in [-0.15, -0.1) is 6.58 Å². The van der Waals surface area contributed by atoms with Crippen LogP contribution >= 0.6 is 0 Å². The van der Waals surface area contributed by atoms with Crippen LogP contribution in [0.4, 0.5) is 0 Å². The Morgan fingerprint density at radius 2 is 1.90 bits per heavy atom. The summed E-state index contributed by atoms with van der Waals surface area (Å²) in [7, 11) is 0. The summed E-state index contributed by atoms with van der Waals surface area (Å²) in [4.78, 5) is 24.2. The van der Waals surface area contributed by atoms with Crippen LogP contribution in [0.25, 0.3) is 0 Å². The number of hydrogen-bond donors (Lipinski definition) is 2. The van der Waals surface area contributed by atoms with Crippen LogP contribution in [0.1, 0.15) is 45.4 Å². The molecule has 4 bridgehead atoms. The Morgan fingerprint density at radius 1 is 1.25 bits per heavy atom. The van der Waals surface area contributed by atoms with Crippen molar-refractivity contribution >= 4 is 11.8 Å². The highest BCUT2D eigenvalue weighted by Gasteiger charge is 2.60. The van der Waals surface area contributed by atoms with Gasteiger partial charge in [-0.1, -0.05) is 6.08 Å². The Kier molecular flexibility index (Phi) is 3.14. The monoisotopic (exact) mass is 276 g/mol. The van der Waals surface area contributed by atoms with Crippen molar-refractivity contribution in [2.45, 2.75) is 51.0 Å². The zero-order valence-electron chi connectivity index (χ0n) is 12.2. The van der Waals surface area contributed by atoms with E-state index in [0.29, 0.717) is 18.4 Å². The summed E-state index contributed by atoms with van der Waals surface area (Å²) in [5.74, 6) is 1.39. The van der Waals surface area contributed by atoms with Crippen molar-refractivity contribution in [1.29, 1.82) is 0 Å². The first kappa shape index (κ1) is 13.7. The topological polar surface area (TPSA) is 58.2 Å². The van der Waals surface area contributed by atoms with E-state index >= 15 is 0 Å². The normalized spacial score (nSPS) is 41.2. The molecule has 2 unspecified atom stereocenters. The molecule has 0 heterocycles. The molecule has 2 amide bonds. The quantitative estimate of drug-likeness (QED) is 0.769. The molecule has 0 spiro atoms. The van der Waals surface area contributed by atoms with Crippen LogP contribution in [0.3, 0.4) is 0 Å². The minimum absolute atomic E-state index is 0.0357. The third kappa shape index (κ3) is 2.15. The fourth-order valence-corrected chi connectivity index (χ4v) is 5.40. The average Bonchev–Trinajstić information content (AvgIpc) is 2.32. The van der Waals surface area contributed by atoms with E-state index in [1.807, 2.05) is 0 Å². The second-order valence-electron chi connectivity index (χ2n) is 7.20. The van der Waals surface area contributed by atoms with Gasteiger partial charge in [-0.25, -0.2) is 0 Å². The predicted octanol–water partition coefficient (Wildman–Crippen LogP) is 1.76. The first-order valence-corrected chi connectivity index (χ1v) is 7.65. The molecule has 0 aromatic rings. The van der Waals surface area contributed by atoms with Gasteiger partial charge in [0.05, 0.1) is 5.41 Å². The summed E-state index contributed by atoms with van der Waals surface area (Å²) >= 11 is 0. The molecule has 4 saturated carbocycles. The van der Waals surface area contributed by atoms with Gasteiger partial charge in [0.2, 0.25) is 11.8 Å². The number of carbonyl (C=O) groups is 2. The van der Waals surface area contributed by atoms with E-state index in [0.717, 1.165) is 32.1 Å². The molecule has 110 valence electrons. The summed E-state index contributed by atoms with van der Waals surface area (Å²) in [6.45, 7) is 5.78. The van der Waals surface area contributed by atoms with E-state index < -0.39 is 0 Å². The predicted molar refractivity (Wildman–Crippen MR) is 76.9 cm³/mol. The van der Waals surface area contributed by atoms with Crippen molar-refractivity contribution < 1.29 is 9.59 Å². The Morgan fingerprint density at radius 3 is 2.45 bits per heavy atom. The summed E-state index contributed by atoms with van der Waals surface area (Å²) in [5, 5.41) is 6.17. The molecule has 0 radical (unpaired) electrons. The maximum atomic E-state index is 12.6. The second-order valence-corrected chi connectivity index (χ2v) is 7.20. The third-order valence-corrected chi connectivity index (χ3v) is 5.39. The van der Waals surface area contributed by atoms with E-state index in [2.05, 4.69) is 17.2 Å². The lowest BCUT2D eigenvalue weighted by atomic mass is 9.46. The van der Waals surface area contributed by atoms with Gasteiger partial charge in [-0.05, 0) is 50.4 Å². The molecule has 4 heteroatoms. The molecular formula is C16H24N2O2. The largest absolute Gasteiger partial charge is 0.352 e. The van der Waals surface area contributed by atoms with Crippen LogP contribution in [0.2, 0.25) is 0 Å². The molecule has 4 aliphatic rings. The van der Waals surface area contributed by atoms with E-state index in [1.54, 1.807) is 13.0 Å². The SMILES string of the molecule is C=CCNC(=O)C12CC3CC(CC(NC(C)=O)(C3)C1)C2. The number of nitrogens with one attached hydrogen (secondary N) is 2. The van der Waals surface area contributed by atoms with Crippen LogP contribution < -0.4 is 10.6 Å². The van der Waals surface area contributed by atoms with Crippen molar-refractivity contribution in [3.05, 3.63) is 12.7 Å². The van der Waals surface area contributed by atoms with Crippen LogP contribution in [0.15, 0.2) is 12.7 Å². The molecular weight excluding hydrogens is 252 g/mol. The highest BCUT2D eigenvalue weighted by Crippen LogP contribution is 2.61. The number of amides is 2. The molecule has 0 aromatic heterocycles. The van der Waals surface area contributed by atoms with Crippen LogP contribution in [0.5, 0.6) is 0 Å². The maximum Gasteiger partial charge on any atom is 0.226 e. The first-order valence-electron chi connectivity index (χ1n) is 7.65. The Labute approximate surface area is 120 Å². The van der Waals surface area contributed by atoms with Gasteiger partial charge in [0.25, 0.3) is 0 Å². The van der Waals surface area contributed by atoms with Gasteiger partial charge < -0.3 is 10.6 Å². The van der Waals surface area contributed by atoms with Crippen molar-refractivity contribution in [3.8, 4) is 0 Å². The van der Waals surface area contributed by atoms with Gasteiger partial charge in [0, 0.05) is 19.0 Å². The molecule has 20 heavy (non-hydrogen) atoms. The molecule has 0 saturated heterocycles. The summed E-state index contributed by atoms with van der Waals surface area (Å²) in [5.41, 5.74) is -0.378. The van der Waals surface area contributed by atoms with E-state index in [1.165, 1.54) is 6.42 Å². The van der Waals surface area contributed by atoms with Crippen molar-refractivity contribution in [3.63, 3.8) is 0 Å². The van der Waals surface area contributed by atoms with Gasteiger partial charge in [0.15, 0.2) is 0 Å². The van der Waals surface area contributed by atoms with Gasteiger partial charge >= 0.3 is 0 Å². The maximum absolute atomic E-state index is 12.6. The zero-order chi connectivity index (χ0) is 14.4. The van der Waals surface area contributed by atoms with Crippen LogP contribution in [-0.2, 0) is 9.59 Å². The van der Waals surface area contributed by atoms with E-state index in [4.69, 9.17) is 0 Å². The lowest BCUT2D eigenvalue weighted by Gasteiger charge is -2.61. The average molecular weight is 276 g/mol. The molecule has 4 aliphatic carbocycles. The summed E-state index contributed by atoms with van der Waals surface area (Å²) in [6, 6.07) is 0. The standard InChI is InChI=1S/C16H24N2O2/c1-3-4-17-14(20)15-6-12-5-13(7-15)9-16(8-12,10-15)18-11(2)19/h3,12-13H,1,4-10H2,2H3,(H,17,20)(H,18,19). The lowest BCUT2D eigenvalue weighted by Crippen LogP contribution is -2.65. The van der Waals surface area contributed by atoms with Gasteiger partial charge in [0.1, 0.15) is 0 Å². The van der Waals surface area contributed by atoms with E-state index in [-0.39, 0.29) is 22.8 Å². The second kappa shape index (κ2) is 4.61. The molecule has 4 rings (SSSR count). The Hall–Kier alpha value is -1.32. The fourth-order valence-electron chi connectivity index (χ4n) is 5.40. The first-order chi connectivity index (χ1) is 9.47. The Balaban J connectivity index is 1.84. The summed E-state index contributed by atoms with van der Waals surface area (Å²) < 4.78 is 0. The third-order valence-electron chi connectivity index (χ3n) is 5.39. The van der Waals surface area contributed by atoms with Crippen LogP contribution in [0, 0.1) is 17.3 Å². The summed E-state index contributed by atoms with van der Waals surface area (Å²) in [6.07, 6.45) is 7.87. The van der Waals surface area contributed by atoms with Crippen LogP contribution in [-0.4, -0.2) is 23.9 Å². The van der Waals surface area contributed by atoms with Crippen molar-refractivity contribution in [1.82, 2.24) is 10.6 Å². The molecule has 0 aromatic carbocycles. The van der Waals surface area contributed by atoms with Gasteiger partial charge in [-0.2, -0.15) is 0 Å². The number of carbonyl (C=O) groups excluding carboxylic acids is 2. The Bertz CT molecular complexity index is 443. The number of hydrogen-bond acceptors (Lipinski definition) is 2. The highest BCUT2D eigenvalue weighted by atomic mass is 16.2. The lowest BCUT2D eigenvalue weighted by molar-refractivity contribution is -0.152. The van der Waals surface area contributed by atoms with Gasteiger partial charge in [-0.3, -0.25) is 9.59 Å². The smallest absolute Gasteiger partial charge is 0.226 e. The molecule has 2 N–H and O–H groups in total. The minimum Gasteiger partial charge on any atom is -0.352 e. The molecule has 4 nitrogen and oxygen atoms in total.